The number of aromatic nitrogens is 1. The molecule has 0 fully saturated rings. The molecule has 0 aliphatic carbocycles. The molecule has 11 nitrogen and oxygen atoms in total. The number of carbonyl (C=O) groups excluding carboxylic acids is 4. The monoisotopic (exact) mass is 661 g/mol. The number of ether oxygens (including phenoxy) is 2. The normalized spacial score (nSPS) is 11.8. The third-order valence-electron chi connectivity index (χ3n) is 6.73. The van der Waals surface area contributed by atoms with Gasteiger partial charge in [-0.25, -0.2) is 23.4 Å². The fraction of sp³-hybridized carbons (Fsp3) is 0.406. The molecule has 0 saturated heterocycles. The number of fused-ring (bicyclic) bond motifs is 1. The van der Waals surface area contributed by atoms with Crippen molar-refractivity contribution in [3.63, 3.8) is 0 Å². The molecule has 0 aliphatic heterocycles. The van der Waals surface area contributed by atoms with Crippen LogP contribution in [-0.4, -0.2) is 72.3 Å². The number of likely N-dealkylation sites (N-methyl/N-ethyl adjacent to an activating group) is 1. The predicted molar refractivity (Wildman–Crippen MR) is 169 cm³/mol. The number of hydrogen-bond acceptors (Lipinski definition) is 7. The second-order valence-corrected chi connectivity index (χ2v) is 11.9. The SMILES string of the molecule is CN(C(=O)CCc1cccc(F)c1Cl)[C@@H](CCCNC(=O)CNC(=O)OC(C)(C)C)COC(=O)Nc1cc2cc(F)ccc2cn1. The third-order valence-corrected chi connectivity index (χ3v) is 7.15. The Kier molecular flexibility index (Phi) is 13.0. The van der Waals surface area contributed by atoms with E-state index in [9.17, 15) is 28.0 Å². The lowest BCUT2D eigenvalue weighted by molar-refractivity contribution is -0.133. The van der Waals surface area contributed by atoms with Crippen LogP contribution < -0.4 is 16.0 Å². The molecule has 1 heterocycles. The van der Waals surface area contributed by atoms with E-state index in [0.29, 0.717) is 29.2 Å². The van der Waals surface area contributed by atoms with Gasteiger partial charge in [-0.1, -0.05) is 23.7 Å². The van der Waals surface area contributed by atoms with Crippen LogP contribution in [0, 0.1) is 11.6 Å². The van der Waals surface area contributed by atoms with Gasteiger partial charge in [0, 0.05) is 31.6 Å². The standard InChI is InChI=1S/C32H38ClF2N5O6/c1-32(2,3)46-30(43)38-18-27(41)36-14-6-8-24(40(4)28(42)13-11-20-7-5-9-25(35)29(20)33)19-45-31(44)39-26-16-22-15-23(34)12-10-21(22)17-37-26/h5,7,9-10,12,15-17,24H,6,8,11,13-14,18-19H2,1-4H3,(H,36,41)(H,38,43)(H,37,39,44)/t24-/m0/s1. The Morgan fingerprint density at radius 2 is 1.78 bits per heavy atom. The highest BCUT2D eigenvalue weighted by Crippen LogP contribution is 2.22. The topological polar surface area (TPSA) is 139 Å². The quantitative estimate of drug-likeness (QED) is 0.203. The number of halogens is 3. The highest BCUT2D eigenvalue weighted by Gasteiger charge is 2.23. The third kappa shape index (κ3) is 11.8. The Morgan fingerprint density at radius 3 is 2.52 bits per heavy atom. The molecule has 0 aliphatic rings. The van der Waals surface area contributed by atoms with E-state index < -0.39 is 41.4 Å². The fourth-order valence-corrected chi connectivity index (χ4v) is 4.56. The van der Waals surface area contributed by atoms with E-state index in [-0.39, 0.29) is 49.3 Å². The molecule has 0 radical (unpaired) electrons. The lowest BCUT2D eigenvalue weighted by atomic mass is 10.1. The number of hydrogen-bond donors (Lipinski definition) is 3. The Bertz CT molecular complexity index is 1550. The molecule has 0 bridgehead atoms. The summed E-state index contributed by atoms with van der Waals surface area (Å²) in [6, 6.07) is 9.49. The Balaban J connectivity index is 1.57. The minimum Gasteiger partial charge on any atom is -0.447 e. The van der Waals surface area contributed by atoms with E-state index in [1.165, 1.54) is 41.4 Å². The summed E-state index contributed by atoms with van der Waals surface area (Å²) in [6.07, 6.45) is 0.895. The lowest BCUT2D eigenvalue weighted by Gasteiger charge is -2.28. The van der Waals surface area contributed by atoms with Gasteiger partial charge < -0.3 is 25.0 Å². The summed E-state index contributed by atoms with van der Waals surface area (Å²) in [4.78, 5) is 55.2. The van der Waals surface area contributed by atoms with Crippen LogP contribution in [0.5, 0.6) is 0 Å². The molecular weight excluding hydrogens is 624 g/mol. The van der Waals surface area contributed by atoms with Crippen LogP contribution in [0.4, 0.5) is 24.2 Å². The first-order valence-electron chi connectivity index (χ1n) is 14.6. The van der Waals surface area contributed by atoms with Crippen LogP contribution in [0.2, 0.25) is 5.02 Å². The molecule has 4 amide bonds. The number of nitrogens with one attached hydrogen (secondary N) is 3. The van der Waals surface area contributed by atoms with Gasteiger partial charge in [-0.05, 0) is 81.3 Å². The summed E-state index contributed by atoms with van der Waals surface area (Å²) in [6.45, 7) is 4.87. The molecule has 3 N–H and O–H groups in total. The Hall–Kier alpha value is -4.52. The van der Waals surface area contributed by atoms with Gasteiger partial charge in [-0.2, -0.15) is 0 Å². The maximum atomic E-state index is 13.8. The van der Waals surface area contributed by atoms with Gasteiger partial charge >= 0.3 is 12.2 Å². The highest BCUT2D eigenvalue weighted by molar-refractivity contribution is 6.31. The van der Waals surface area contributed by atoms with Gasteiger partial charge in [0.05, 0.1) is 17.6 Å². The van der Waals surface area contributed by atoms with Gasteiger partial charge in [-0.3, -0.25) is 14.9 Å². The first-order chi connectivity index (χ1) is 21.7. The number of alkyl carbamates (subject to hydrolysis) is 1. The van der Waals surface area contributed by atoms with Crippen molar-refractivity contribution >= 4 is 52.2 Å². The molecule has 0 spiro atoms. The Labute approximate surface area is 271 Å². The molecule has 46 heavy (non-hydrogen) atoms. The van der Waals surface area contributed by atoms with Crippen LogP contribution in [0.3, 0.4) is 0 Å². The number of anilines is 1. The number of benzene rings is 2. The lowest BCUT2D eigenvalue weighted by Crippen LogP contribution is -2.42. The molecule has 2 aromatic carbocycles. The van der Waals surface area contributed by atoms with E-state index >= 15 is 0 Å². The van der Waals surface area contributed by atoms with Crippen molar-refractivity contribution in [3.05, 3.63) is 70.9 Å². The van der Waals surface area contributed by atoms with Crippen LogP contribution in [0.1, 0.15) is 45.6 Å². The van der Waals surface area contributed by atoms with Crippen molar-refractivity contribution in [2.24, 2.45) is 0 Å². The minimum absolute atomic E-state index is 0.0208. The van der Waals surface area contributed by atoms with Gasteiger partial charge in [0.2, 0.25) is 11.8 Å². The van der Waals surface area contributed by atoms with Crippen LogP contribution in [0.15, 0.2) is 48.7 Å². The number of pyridine rings is 1. The van der Waals surface area contributed by atoms with Gasteiger partial charge in [0.15, 0.2) is 0 Å². The zero-order chi connectivity index (χ0) is 33.9. The van der Waals surface area contributed by atoms with Gasteiger partial charge in [-0.15, -0.1) is 0 Å². The fourth-order valence-electron chi connectivity index (χ4n) is 4.34. The molecule has 1 atom stereocenters. The van der Waals surface area contributed by atoms with E-state index in [4.69, 9.17) is 21.1 Å². The van der Waals surface area contributed by atoms with E-state index in [0.717, 1.165) is 0 Å². The molecule has 0 unspecified atom stereocenters. The predicted octanol–water partition coefficient (Wildman–Crippen LogP) is 5.60. The second-order valence-electron chi connectivity index (χ2n) is 11.5. The number of rotatable bonds is 13. The van der Waals surface area contributed by atoms with Crippen molar-refractivity contribution in [3.8, 4) is 0 Å². The zero-order valence-corrected chi connectivity index (χ0v) is 26.9. The van der Waals surface area contributed by atoms with Crippen LogP contribution >= 0.6 is 11.6 Å². The first-order valence-corrected chi connectivity index (χ1v) is 15.0. The van der Waals surface area contributed by atoms with E-state index in [2.05, 4.69) is 20.9 Å². The molecule has 248 valence electrons. The van der Waals surface area contributed by atoms with E-state index in [1.807, 2.05) is 0 Å². The largest absolute Gasteiger partial charge is 0.447 e. The maximum Gasteiger partial charge on any atom is 0.412 e. The van der Waals surface area contributed by atoms with Crippen LogP contribution in [0.25, 0.3) is 10.8 Å². The average Bonchev–Trinajstić information content (AvgIpc) is 2.98. The number of carbonyl (C=O) groups is 4. The van der Waals surface area contributed by atoms with Crippen LogP contribution in [-0.2, 0) is 25.5 Å². The summed E-state index contributed by atoms with van der Waals surface area (Å²) in [7, 11) is 1.56. The summed E-state index contributed by atoms with van der Waals surface area (Å²) in [5.74, 6) is -1.58. The van der Waals surface area contributed by atoms with Crippen molar-refractivity contribution < 1.29 is 37.4 Å². The zero-order valence-electron chi connectivity index (χ0n) is 26.1. The smallest absolute Gasteiger partial charge is 0.412 e. The molecule has 1 aromatic heterocycles. The second kappa shape index (κ2) is 16.7. The molecule has 3 rings (SSSR count). The Morgan fingerprint density at radius 1 is 1.02 bits per heavy atom. The first kappa shape index (κ1) is 36.0. The maximum absolute atomic E-state index is 13.8. The molecule has 14 heteroatoms. The van der Waals surface area contributed by atoms with Gasteiger partial charge in [0.1, 0.15) is 29.7 Å². The molecule has 0 saturated carbocycles. The van der Waals surface area contributed by atoms with Crippen molar-refractivity contribution in [1.29, 1.82) is 0 Å². The number of aryl methyl sites for hydroxylation is 1. The average molecular weight is 662 g/mol. The van der Waals surface area contributed by atoms with E-state index in [1.54, 1.807) is 40.0 Å². The summed E-state index contributed by atoms with van der Waals surface area (Å²) >= 11 is 6.04. The molecule has 3 aromatic rings. The van der Waals surface area contributed by atoms with Crippen molar-refractivity contribution in [2.75, 3.05) is 32.1 Å². The summed E-state index contributed by atoms with van der Waals surface area (Å²) in [5, 5.41) is 8.74. The summed E-state index contributed by atoms with van der Waals surface area (Å²) < 4.78 is 38.0. The highest BCUT2D eigenvalue weighted by atomic mass is 35.5. The molecular formula is C32H38ClF2N5O6. The van der Waals surface area contributed by atoms with Crippen molar-refractivity contribution in [2.45, 2.75) is 58.1 Å². The number of amides is 4. The van der Waals surface area contributed by atoms with Gasteiger partial charge in [0.25, 0.3) is 0 Å². The minimum atomic E-state index is -0.831. The summed E-state index contributed by atoms with van der Waals surface area (Å²) in [5.41, 5.74) is -0.214. The number of nitrogens with zero attached hydrogens (tertiary/aromatic N) is 2. The van der Waals surface area contributed by atoms with Crippen molar-refractivity contribution in [1.82, 2.24) is 20.5 Å².